The van der Waals surface area contributed by atoms with Crippen LogP contribution in [0.2, 0.25) is 5.02 Å². The first-order valence-corrected chi connectivity index (χ1v) is 11.7. The molecule has 0 radical (unpaired) electrons. The molecule has 1 fully saturated rings. The number of hydrogen-bond acceptors (Lipinski definition) is 8. The average Bonchev–Trinajstić information content (AvgIpc) is 3.11. The summed E-state index contributed by atoms with van der Waals surface area (Å²) in [7, 11) is 0. The number of carbonyl (C=O) groups is 1. The van der Waals surface area contributed by atoms with E-state index in [1.807, 2.05) is 6.92 Å². The van der Waals surface area contributed by atoms with Crippen LogP contribution in [0.1, 0.15) is 46.9 Å². The van der Waals surface area contributed by atoms with Crippen molar-refractivity contribution < 1.29 is 24.1 Å². The smallest absolute Gasteiger partial charge is 0.257 e. The number of ether oxygens (including phenoxy) is 1. The van der Waals surface area contributed by atoms with Crippen molar-refractivity contribution >= 4 is 17.5 Å². The number of aliphatic hydroxyl groups excluding tert-OH is 1. The molecule has 0 spiro atoms. The summed E-state index contributed by atoms with van der Waals surface area (Å²) in [6.07, 6.45) is 2.14. The zero-order valence-corrected chi connectivity index (χ0v) is 19.8. The summed E-state index contributed by atoms with van der Waals surface area (Å²) in [5, 5.41) is 24.3. The zero-order chi connectivity index (χ0) is 24.3. The Morgan fingerprint density at radius 1 is 1.29 bits per heavy atom. The topological polar surface area (TPSA) is 111 Å². The lowest BCUT2D eigenvalue weighted by molar-refractivity contribution is -0.0554. The number of amides is 1. The van der Waals surface area contributed by atoms with E-state index in [9.17, 15) is 15.0 Å². The lowest BCUT2D eigenvalue weighted by Crippen LogP contribution is -2.49. The van der Waals surface area contributed by atoms with Gasteiger partial charge in [-0.2, -0.15) is 0 Å². The van der Waals surface area contributed by atoms with Crippen molar-refractivity contribution in [3.63, 3.8) is 0 Å². The van der Waals surface area contributed by atoms with Crippen molar-refractivity contribution in [1.29, 1.82) is 0 Å². The van der Waals surface area contributed by atoms with Crippen LogP contribution in [0.15, 0.2) is 24.5 Å². The van der Waals surface area contributed by atoms with Crippen LogP contribution in [0.3, 0.4) is 0 Å². The van der Waals surface area contributed by atoms with Gasteiger partial charge in [-0.3, -0.25) is 9.69 Å². The van der Waals surface area contributed by atoms with Crippen LogP contribution in [-0.4, -0.2) is 81.8 Å². The third-order valence-electron chi connectivity index (χ3n) is 6.32. The minimum Gasteiger partial charge on any atom is -0.394 e. The highest BCUT2D eigenvalue weighted by Crippen LogP contribution is 2.40. The number of rotatable bonds is 9. The Hall–Kier alpha value is -2.21. The first-order chi connectivity index (χ1) is 16.4. The van der Waals surface area contributed by atoms with Crippen molar-refractivity contribution in [2.45, 2.75) is 31.7 Å². The first-order valence-electron chi connectivity index (χ1n) is 11.4. The number of piperazine rings is 1. The second-order valence-corrected chi connectivity index (χ2v) is 8.96. The van der Waals surface area contributed by atoms with Gasteiger partial charge in [0.25, 0.3) is 5.91 Å². The fraction of sp³-hybridized carbons (Fsp3) is 0.522. The normalized spacial score (nSPS) is 20.4. The lowest BCUT2D eigenvalue weighted by atomic mass is 9.88. The number of fused-ring (bicyclic) bond motifs is 1. The van der Waals surface area contributed by atoms with Crippen molar-refractivity contribution in [1.82, 2.24) is 25.1 Å². The molecule has 3 heterocycles. The standard InChI is InChI=1S/C23H29ClFN5O4/c1-2-23(33,14-29-5-3-26-4-6-29)15-9-17-20(18(25)10-15)22(34-8-7-31)30(21(17)32)13-19-27-11-16(24)12-28-19/h9-12,22,26,31,33H,2-8,13-14H2,1H3. The summed E-state index contributed by atoms with van der Waals surface area (Å²) < 4.78 is 21.2. The molecule has 184 valence electrons. The van der Waals surface area contributed by atoms with E-state index in [1.165, 1.54) is 23.4 Å². The van der Waals surface area contributed by atoms with Crippen LogP contribution < -0.4 is 5.32 Å². The van der Waals surface area contributed by atoms with E-state index in [2.05, 4.69) is 20.2 Å². The molecular formula is C23H29ClFN5O4. The Labute approximate surface area is 202 Å². The van der Waals surface area contributed by atoms with Gasteiger partial charge in [-0.05, 0) is 24.1 Å². The third-order valence-corrected chi connectivity index (χ3v) is 6.52. The Kier molecular flexibility index (Phi) is 7.76. The summed E-state index contributed by atoms with van der Waals surface area (Å²) in [6, 6.07) is 2.85. The summed E-state index contributed by atoms with van der Waals surface area (Å²) in [6.45, 7) is 4.97. The fourth-order valence-corrected chi connectivity index (χ4v) is 4.54. The zero-order valence-electron chi connectivity index (χ0n) is 19.0. The van der Waals surface area contributed by atoms with Gasteiger partial charge in [0, 0.05) is 50.7 Å². The van der Waals surface area contributed by atoms with Crippen molar-refractivity contribution in [2.75, 3.05) is 45.9 Å². The number of carbonyl (C=O) groups excluding carboxylic acids is 1. The van der Waals surface area contributed by atoms with Gasteiger partial charge in [-0.1, -0.05) is 18.5 Å². The molecule has 11 heteroatoms. The number of β-amino-alcohol motifs (C(OH)–C–C–N with tert-alkyl or cyclic N) is 1. The predicted molar refractivity (Wildman–Crippen MR) is 123 cm³/mol. The second-order valence-electron chi connectivity index (χ2n) is 8.53. The van der Waals surface area contributed by atoms with Gasteiger partial charge in [-0.25, -0.2) is 14.4 Å². The highest BCUT2D eigenvalue weighted by atomic mass is 35.5. The highest BCUT2D eigenvalue weighted by Gasteiger charge is 2.42. The average molecular weight is 494 g/mol. The van der Waals surface area contributed by atoms with Gasteiger partial charge in [0.05, 0.1) is 30.3 Å². The number of aliphatic hydroxyl groups is 2. The molecule has 0 bridgehead atoms. The van der Waals surface area contributed by atoms with Gasteiger partial charge in [0.1, 0.15) is 17.2 Å². The monoisotopic (exact) mass is 493 g/mol. The molecule has 34 heavy (non-hydrogen) atoms. The number of nitrogens with zero attached hydrogens (tertiary/aromatic N) is 4. The lowest BCUT2D eigenvalue weighted by Gasteiger charge is -2.36. The van der Waals surface area contributed by atoms with Crippen LogP contribution in [0.25, 0.3) is 0 Å². The maximum atomic E-state index is 15.5. The minimum absolute atomic E-state index is 0.0334. The second kappa shape index (κ2) is 10.6. The van der Waals surface area contributed by atoms with Gasteiger partial charge >= 0.3 is 0 Å². The summed E-state index contributed by atoms with van der Waals surface area (Å²) in [4.78, 5) is 25.1. The molecule has 2 aliphatic rings. The quantitative estimate of drug-likeness (QED) is 0.481. The molecule has 0 aliphatic carbocycles. The van der Waals surface area contributed by atoms with Gasteiger partial charge in [-0.15, -0.1) is 0 Å². The SMILES string of the molecule is CCC(O)(CN1CCNCC1)c1cc(F)c2c(c1)C(=O)N(Cc1ncc(Cl)cn1)C2OCCO. The number of aromatic nitrogens is 2. The largest absolute Gasteiger partial charge is 0.394 e. The molecule has 3 N–H and O–H groups in total. The number of nitrogens with one attached hydrogen (secondary N) is 1. The van der Waals surface area contributed by atoms with E-state index in [-0.39, 0.29) is 30.9 Å². The van der Waals surface area contributed by atoms with Crippen LogP contribution in [0.4, 0.5) is 4.39 Å². The van der Waals surface area contributed by atoms with Crippen LogP contribution >= 0.6 is 11.6 Å². The van der Waals surface area contributed by atoms with Crippen LogP contribution in [0, 0.1) is 5.82 Å². The van der Waals surface area contributed by atoms with E-state index >= 15 is 4.39 Å². The molecule has 0 saturated carbocycles. The summed E-state index contributed by atoms with van der Waals surface area (Å²) in [5.74, 6) is -0.791. The molecule has 1 aromatic carbocycles. The Morgan fingerprint density at radius 3 is 2.65 bits per heavy atom. The molecular weight excluding hydrogens is 465 g/mol. The molecule has 1 aromatic heterocycles. The summed E-state index contributed by atoms with van der Waals surface area (Å²) in [5.41, 5.74) is -0.763. The van der Waals surface area contributed by atoms with Crippen molar-refractivity contribution in [3.8, 4) is 0 Å². The van der Waals surface area contributed by atoms with Crippen LogP contribution in [0.5, 0.6) is 0 Å². The number of halogens is 2. The number of hydrogen-bond donors (Lipinski definition) is 3. The third kappa shape index (κ3) is 5.07. The fourth-order valence-electron chi connectivity index (χ4n) is 4.44. The molecule has 2 aliphatic heterocycles. The maximum Gasteiger partial charge on any atom is 0.257 e. The maximum absolute atomic E-state index is 15.5. The molecule has 9 nitrogen and oxygen atoms in total. The molecule has 4 rings (SSSR count). The Balaban J connectivity index is 1.67. The van der Waals surface area contributed by atoms with E-state index < -0.39 is 23.6 Å². The van der Waals surface area contributed by atoms with Gasteiger partial charge < -0.3 is 25.2 Å². The Bertz CT molecular complexity index is 1020. The predicted octanol–water partition coefficient (Wildman–Crippen LogP) is 1.44. The van der Waals surface area contributed by atoms with Crippen molar-refractivity contribution in [3.05, 3.63) is 57.9 Å². The van der Waals surface area contributed by atoms with Crippen LogP contribution in [-0.2, 0) is 16.9 Å². The van der Waals surface area contributed by atoms with E-state index in [4.69, 9.17) is 16.3 Å². The number of benzene rings is 1. The first kappa shape index (κ1) is 24.9. The molecule has 2 unspecified atom stereocenters. The van der Waals surface area contributed by atoms with E-state index in [0.717, 1.165) is 26.2 Å². The molecule has 1 amide bonds. The summed E-state index contributed by atoms with van der Waals surface area (Å²) >= 11 is 5.85. The van der Waals surface area contributed by atoms with Crippen molar-refractivity contribution in [2.24, 2.45) is 0 Å². The van der Waals surface area contributed by atoms with Gasteiger partial charge in [0.15, 0.2) is 6.23 Å². The van der Waals surface area contributed by atoms with Gasteiger partial charge in [0.2, 0.25) is 0 Å². The molecule has 2 aromatic rings. The molecule has 1 saturated heterocycles. The van der Waals surface area contributed by atoms with E-state index in [0.29, 0.717) is 29.4 Å². The molecule has 2 atom stereocenters. The Morgan fingerprint density at radius 2 is 2.00 bits per heavy atom. The minimum atomic E-state index is -1.32. The van der Waals surface area contributed by atoms with E-state index in [1.54, 1.807) is 6.07 Å². The highest BCUT2D eigenvalue weighted by molar-refractivity contribution is 6.30.